The molecule has 90 valence electrons. The lowest BCUT2D eigenvalue weighted by atomic mass is 9.97. The number of hydrogen-bond acceptors (Lipinski definition) is 3. The van der Waals surface area contributed by atoms with Crippen LogP contribution in [-0.4, -0.2) is 16.6 Å². The van der Waals surface area contributed by atoms with Crippen LogP contribution in [0.3, 0.4) is 0 Å². The van der Waals surface area contributed by atoms with Gasteiger partial charge < -0.3 is 5.11 Å². The van der Waals surface area contributed by atoms with E-state index in [4.69, 9.17) is 4.84 Å². The summed E-state index contributed by atoms with van der Waals surface area (Å²) in [7, 11) is 0. The van der Waals surface area contributed by atoms with Gasteiger partial charge in [-0.15, -0.1) is 0 Å². The number of nitrogens with zero attached hydrogens (tertiary/aromatic N) is 1. The van der Waals surface area contributed by atoms with Gasteiger partial charge >= 0.3 is 0 Å². The molecule has 0 spiro atoms. The lowest BCUT2D eigenvalue weighted by Crippen LogP contribution is -2.29. The van der Waals surface area contributed by atoms with Crippen LogP contribution in [0.15, 0.2) is 24.3 Å². The van der Waals surface area contributed by atoms with E-state index in [1.165, 1.54) is 5.06 Å². The summed E-state index contributed by atoms with van der Waals surface area (Å²) in [6, 6.07) is 6.74. The van der Waals surface area contributed by atoms with Crippen LogP contribution in [0.1, 0.15) is 26.2 Å². The number of aromatic hydroxyl groups is 1. The van der Waals surface area contributed by atoms with Crippen molar-refractivity contribution in [3.05, 3.63) is 24.3 Å². The molecule has 1 aliphatic heterocycles. The molecule has 0 radical (unpaired) electrons. The van der Waals surface area contributed by atoms with E-state index in [1.54, 1.807) is 24.3 Å². The number of carbonyl (C=O) groups excluding carboxylic acids is 1. The second-order valence-electron chi connectivity index (χ2n) is 5.03. The molecule has 17 heavy (non-hydrogen) atoms. The van der Waals surface area contributed by atoms with Gasteiger partial charge in [-0.2, -0.15) is 5.06 Å². The number of hydroxylamine groups is 1. The van der Waals surface area contributed by atoms with Gasteiger partial charge in [0.2, 0.25) is 0 Å². The fraction of sp³-hybridized carbons (Fsp3) is 0.462. The minimum Gasteiger partial charge on any atom is -0.506 e. The molecule has 1 heterocycles. The quantitative estimate of drug-likeness (QED) is 0.852. The fourth-order valence-corrected chi connectivity index (χ4v) is 2.40. The first-order valence-corrected chi connectivity index (χ1v) is 5.90. The molecule has 0 bridgehead atoms. The lowest BCUT2D eigenvalue weighted by Gasteiger charge is -2.23. The maximum Gasteiger partial charge on any atom is 0.254 e. The summed E-state index contributed by atoms with van der Waals surface area (Å²) in [6.45, 7) is 1.97. The molecule has 2 fully saturated rings. The van der Waals surface area contributed by atoms with E-state index in [1.807, 2.05) is 6.92 Å². The molecule has 1 N–H and O–H groups in total. The molecule has 3 rings (SSSR count). The first kappa shape index (κ1) is 10.6. The van der Waals surface area contributed by atoms with Crippen LogP contribution in [0, 0.1) is 5.92 Å². The zero-order valence-corrected chi connectivity index (χ0v) is 9.72. The minimum atomic E-state index is -0.390. The van der Waals surface area contributed by atoms with E-state index in [0.29, 0.717) is 18.0 Å². The number of carbonyl (C=O) groups is 1. The maximum absolute atomic E-state index is 12.0. The predicted molar refractivity (Wildman–Crippen MR) is 62.4 cm³/mol. The highest BCUT2D eigenvalue weighted by Gasteiger charge is 2.51. The minimum absolute atomic E-state index is 0.0703. The topological polar surface area (TPSA) is 49.8 Å². The number of phenolic OH excluding ortho intramolecular Hbond substituents is 1. The van der Waals surface area contributed by atoms with Crippen molar-refractivity contribution in [2.75, 3.05) is 5.06 Å². The van der Waals surface area contributed by atoms with Crippen molar-refractivity contribution in [2.45, 2.75) is 31.8 Å². The molecule has 1 atom stereocenters. The first-order chi connectivity index (χ1) is 8.10. The molecule has 1 aromatic carbocycles. The van der Waals surface area contributed by atoms with E-state index in [0.717, 1.165) is 12.8 Å². The molecule has 4 heteroatoms. The van der Waals surface area contributed by atoms with Gasteiger partial charge in [-0.3, -0.25) is 9.63 Å². The SMILES string of the molecule is CC1(C2CC2)CC(=O)N(c2ccccc2O)O1. The van der Waals surface area contributed by atoms with Crippen LogP contribution in [0.25, 0.3) is 0 Å². The van der Waals surface area contributed by atoms with Crippen molar-refractivity contribution in [1.82, 2.24) is 0 Å². The number of amides is 1. The van der Waals surface area contributed by atoms with Crippen molar-refractivity contribution < 1.29 is 14.7 Å². The molecule has 0 aromatic heterocycles. The van der Waals surface area contributed by atoms with Gasteiger partial charge in [0.05, 0.1) is 6.42 Å². The van der Waals surface area contributed by atoms with E-state index in [2.05, 4.69) is 0 Å². The Bertz CT molecular complexity index is 469. The lowest BCUT2D eigenvalue weighted by molar-refractivity contribution is -0.119. The number of anilines is 1. The van der Waals surface area contributed by atoms with Crippen molar-refractivity contribution in [2.24, 2.45) is 5.92 Å². The molecule has 1 saturated carbocycles. The van der Waals surface area contributed by atoms with Crippen LogP contribution in [-0.2, 0) is 9.63 Å². The van der Waals surface area contributed by atoms with Crippen LogP contribution < -0.4 is 5.06 Å². The Morgan fingerprint density at radius 1 is 1.41 bits per heavy atom. The van der Waals surface area contributed by atoms with Crippen LogP contribution in [0.2, 0.25) is 0 Å². The van der Waals surface area contributed by atoms with Crippen LogP contribution in [0.4, 0.5) is 5.69 Å². The Labute approximate surface area is 99.8 Å². The molecule has 1 unspecified atom stereocenters. The smallest absolute Gasteiger partial charge is 0.254 e. The molecule has 1 aromatic rings. The summed E-state index contributed by atoms with van der Waals surface area (Å²) < 4.78 is 0. The zero-order valence-electron chi connectivity index (χ0n) is 9.72. The molecule has 1 amide bonds. The van der Waals surface area contributed by atoms with Crippen LogP contribution >= 0.6 is 0 Å². The summed E-state index contributed by atoms with van der Waals surface area (Å²) in [6.07, 6.45) is 2.64. The van der Waals surface area contributed by atoms with Gasteiger partial charge in [-0.25, -0.2) is 0 Å². The number of phenols is 1. The monoisotopic (exact) mass is 233 g/mol. The molecule has 1 aliphatic carbocycles. The van der Waals surface area contributed by atoms with E-state index in [-0.39, 0.29) is 17.3 Å². The number of hydrogen-bond donors (Lipinski definition) is 1. The van der Waals surface area contributed by atoms with E-state index < -0.39 is 0 Å². The van der Waals surface area contributed by atoms with Gasteiger partial charge in [-0.1, -0.05) is 12.1 Å². The molecular weight excluding hydrogens is 218 g/mol. The molecule has 4 nitrogen and oxygen atoms in total. The predicted octanol–water partition coefficient (Wildman–Crippen LogP) is 2.23. The molecule has 2 aliphatic rings. The Hall–Kier alpha value is -1.55. The average Bonchev–Trinajstić information content (AvgIpc) is 3.07. The fourth-order valence-electron chi connectivity index (χ4n) is 2.40. The first-order valence-electron chi connectivity index (χ1n) is 5.90. The van der Waals surface area contributed by atoms with Crippen molar-refractivity contribution in [3.63, 3.8) is 0 Å². The normalized spacial score (nSPS) is 28.8. The zero-order chi connectivity index (χ0) is 12.0. The summed E-state index contributed by atoms with van der Waals surface area (Å²) in [4.78, 5) is 17.7. The third-order valence-corrected chi connectivity index (χ3v) is 3.57. The highest BCUT2D eigenvalue weighted by Crippen LogP contribution is 2.48. The third kappa shape index (κ3) is 1.69. The Morgan fingerprint density at radius 3 is 2.76 bits per heavy atom. The van der Waals surface area contributed by atoms with E-state index >= 15 is 0 Å². The number of benzene rings is 1. The van der Waals surface area contributed by atoms with Gasteiger partial charge in [0.15, 0.2) is 0 Å². The van der Waals surface area contributed by atoms with Crippen LogP contribution in [0.5, 0.6) is 5.75 Å². The molecule has 1 saturated heterocycles. The molecular formula is C13H15NO3. The Morgan fingerprint density at radius 2 is 2.12 bits per heavy atom. The largest absolute Gasteiger partial charge is 0.506 e. The van der Waals surface area contributed by atoms with Gasteiger partial charge in [0.25, 0.3) is 5.91 Å². The van der Waals surface area contributed by atoms with E-state index in [9.17, 15) is 9.90 Å². The number of rotatable bonds is 2. The third-order valence-electron chi connectivity index (χ3n) is 3.57. The van der Waals surface area contributed by atoms with Gasteiger partial charge in [-0.05, 0) is 37.8 Å². The standard InChI is InChI=1S/C13H15NO3/c1-13(9-6-7-9)8-12(16)14(17-13)10-4-2-3-5-11(10)15/h2-5,9,15H,6-8H2,1H3. The highest BCUT2D eigenvalue weighted by molar-refractivity contribution is 5.95. The highest BCUT2D eigenvalue weighted by atomic mass is 16.7. The number of para-hydroxylation sites is 2. The second kappa shape index (κ2) is 3.47. The van der Waals surface area contributed by atoms with Crippen molar-refractivity contribution >= 4 is 11.6 Å². The van der Waals surface area contributed by atoms with Gasteiger partial charge in [0.1, 0.15) is 17.0 Å². The summed E-state index contributed by atoms with van der Waals surface area (Å²) in [5.74, 6) is 0.462. The van der Waals surface area contributed by atoms with Crippen molar-refractivity contribution in [1.29, 1.82) is 0 Å². The Kier molecular flexibility index (Phi) is 2.16. The average molecular weight is 233 g/mol. The van der Waals surface area contributed by atoms with Crippen molar-refractivity contribution in [3.8, 4) is 5.75 Å². The second-order valence-corrected chi connectivity index (χ2v) is 5.03. The summed E-state index contributed by atoms with van der Waals surface area (Å²) in [5.41, 5.74) is 0.0428. The summed E-state index contributed by atoms with van der Waals surface area (Å²) >= 11 is 0. The maximum atomic E-state index is 12.0. The summed E-state index contributed by atoms with van der Waals surface area (Å²) in [5, 5.41) is 11.0. The van der Waals surface area contributed by atoms with Gasteiger partial charge in [0, 0.05) is 0 Å². The Balaban J connectivity index is 1.90.